The van der Waals surface area contributed by atoms with Crippen molar-refractivity contribution in [2.45, 2.75) is 4.90 Å². The molecule has 1 heterocycles. The Kier molecular flexibility index (Phi) is 7.30. The number of anilines is 1. The van der Waals surface area contributed by atoms with Crippen LogP contribution in [-0.2, 0) is 14.8 Å². The van der Waals surface area contributed by atoms with Crippen LogP contribution in [0.2, 0.25) is 0 Å². The molecule has 1 aliphatic rings. The van der Waals surface area contributed by atoms with Crippen molar-refractivity contribution in [3.8, 4) is 5.75 Å². The van der Waals surface area contributed by atoms with E-state index in [1.54, 1.807) is 12.1 Å². The zero-order chi connectivity index (χ0) is 21.6. The van der Waals surface area contributed by atoms with Crippen LogP contribution in [0.3, 0.4) is 0 Å². The predicted octanol–water partition coefficient (Wildman–Crippen LogP) is 1.58. The van der Waals surface area contributed by atoms with Crippen LogP contribution in [0.25, 0.3) is 0 Å². The number of amides is 1. The van der Waals surface area contributed by atoms with Crippen LogP contribution < -0.4 is 15.0 Å². The standard InChI is InChI=1S/C21H27N3O5S/c1-23(2)30(26,27)20-9-7-19(8-10-20)29-14-11-22-21(25)17-3-5-18(6-4-17)24-12-15-28-16-13-24/h3-10H,11-16H2,1-2H3,(H,22,25). The van der Waals surface area contributed by atoms with Gasteiger partial charge in [-0.05, 0) is 48.5 Å². The number of hydrogen-bond donors (Lipinski definition) is 1. The molecule has 1 saturated heterocycles. The van der Waals surface area contributed by atoms with Crippen molar-refractivity contribution in [1.29, 1.82) is 0 Å². The Morgan fingerprint density at radius 2 is 1.70 bits per heavy atom. The van der Waals surface area contributed by atoms with E-state index in [2.05, 4.69) is 10.2 Å². The van der Waals surface area contributed by atoms with Crippen LogP contribution in [-0.4, -0.2) is 72.2 Å². The third-order valence-corrected chi connectivity index (χ3v) is 6.59. The topological polar surface area (TPSA) is 88.2 Å². The molecule has 8 nitrogen and oxygen atoms in total. The average Bonchev–Trinajstić information content (AvgIpc) is 2.77. The van der Waals surface area contributed by atoms with Crippen molar-refractivity contribution >= 4 is 21.6 Å². The highest BCUT2D eigenvalue weighted by Crippen LogP contribution is 2.18. The van der Waals surface area contributed by atoms with Gasteiger partial charge in [0, 0.05) is 38.4 Å². The number of nitrogens with zero attached hydrogens (tertiary/aromatic N) is 2. The first-order valence-corrected chi connectivity index (χ1v) is 11.2. The van der Waals surface area contributed by atoms with Crippen molar-refractivity contribution in [3.63, 3.8) is 0 Å². The summed E-state index contributed by atoms with van der Waals surface area (Å²) in [6.07, 6.45) is 0. The van der Waals surface area contributed by atoms with Crippen LogP contribution in [0.15, 0.2) is 53.4 Å². The highest BCUT2D eigenvalue weighted by atomic mass is 32.2. The largest absolute Gasteiger partial charge is 0.492 e. The van der Waals surface area contributed by atoms with Gasteiger partial charge in [0.15, 0.2) is 0 Å². The zero-order valence-corrected chi connectivity index (χ0v) is 18.0. The number of morpholine rings is 1. The van der Waals surface area contributed by atoms with Gasteiger partial charge in [-0.25, -0.2) is 12.7 Å². The first-order chi connectivity index (χ1) is 14.4. The van der Waals surface area contributed by atoms with Gasteiger partial charge >= 0.3 is 0 Å². The fourth-order valence-corrected chi connectivity index (χ4v) is 3.90. The van der Waals surface area contributed by atoms with Gasteiger partial charge in [-0.15, -0.1) is 0 Å². The summed E-state index contributed by atoms with van der Waals surface area (Å²) in [6, 6.07) is 13.7. The number of carbonyl (C=O) groups excluding carboxylic acids is 1. The van der Waals surface area contributed by atoms with E-state index in [4.69, 9.17) is 9.47 Å². The van der Waals surface area contributed by atoms with Crippen molar-refractivity contribution < 1.29 is 22.7 Å². The number of sulfonamides is 1. The van der Waals surface area contributed by atoms with Gasteiger partial charge in [0.1, 0.15) is 12.4 Å². The quantitative estimate of drug-likeness (QED) is 0.636. The summed E-state index contributed by atoms with van der Waals surface area (Å²) < 4.78 is 36.2. The zero-order valence-electron chi connectivity index (χ0n) is 17.2. The summed E-state index contributed by atoms with van der Waals surface area (Å²) in [5.74, 6) is 0.372. The van der Waals surface area contributed by atoms with E-state index in [1.165, 1.54) is 26.2 Å². The predicted molar refractivity (Wildman–Crippen MR) is 115 cm³/mol. The maximum absolute atomic E-state index is 12.3. The lowest BCUT2D eigenvalue weighted by Crippen LogP contribution is -2.36. The summed E-state index contributed by atoms with van der Waals surface area (Å²) in [6.45, 7) is 3.75. The van der Waals surface area contributed by atoms with Crippen LogP contribution >= 0.6 is 0 Å². The molecule has 0 radical (unpaired) electrons. The van der Waals surface area contributed by atoms with Crippen LogP contribution in [0.1, 0.15) is 10.4 Å². The minimum absolute atomic E-state index is 0.167. The van der Waals surface area contributed by atoms with E-state index in [0.717, 1.165) is 36.3 Å². The van der Waals surface area contributed by atoms with Gasteiger partial charge in [-0.2, -0.15) is 0 Å². The molecule has 1 aliphatic heterocycles. The Labute approximate surface area is 177 Å². The molecule has 30 heavy (non-hydrogen) atoms. The summed E-state index contributed by atoms with van der Waals surface area (Å²) in [5, 5.41) is 2.82. The van der Waals surface area contributed by atoms with Gasteiger partial charge < -0.3 is 19.7 Å². The Bertz CT molecular complexity index is 938. The van der Waals surface area contributed by atoms with E-state index < -0.39 is 10.0 Å². The van der Waals surface area contributed by atoms with Crippen molar-refractivity contribution in [2.75, 3.05) is 58.5 Å². The molecular formula is C21H27N3O5S. The molecule has 3 rings (SSSR count). The lowest BCUT2D eigenvalue weighted by molar-refractivity contribution is 0.0947. The first-order valence-electron chi connectivity index (χ1n) is 9.74. The monoisotopic (exact) mass is 433 g/mol. The summed E-state index contributed by atoms with van der Waals surface area (Å²) >= 11 is 0. The lowest BCUT2D eigenvalue weighted by Gasteiger charge is -2.28. The number of ether oxygens (including phenoxy) is 2. The van der Waals surface area contributed by atoms with Gasteiger partial charge in [0.25, 0.3) is 5.91 Å². The van der Waals surface area contributed by atoms with Crippen molar-refractivity contribution in [2.24, 2.45) is 0 Å². The van der Waals surface area contributed by atoms with Crippen molar-refractivity contribution in [1.82, 2.24) is 9.62 Å². The van der Waals surface area contributed by atoms with Gasteiger partial charge in [0.2, 0.25) is 10.0 Å². The van der Waals surface area contributed by atoms with E-state index in [0.29, 0.717) is 17.9 Å². The fraction of sp³-hybridized carbons (Fsp3) is 0.381. The molecular weight excluding hydrogens is 406 g/mol. The second-order valence-electron chi connectivity index (χ2n) is 7.01. The molecule has 1 amide bonds. The summed E-state index contributed by atoms with van der Waals surface area (Å²) in [4.78, 5) is 14.7. The maximum Gasteiger partial charge on any atom is 0.251 e. The number of benzene rings is 2. The molecule has 2 aromatic carbocycles. The molecule has 2 aromatic rings. The molecule has 162 valence electrons. The SMILES string of the molecule is CN(C)S(=O)(=O)c1ccc(OCCNC(=O)c2ccc(N3CCOCC3)cc2)cc1. The van der Waals surface area contributed by atoms with Crippen LogP contribution in [0.4, 0.5) is 5.69 Å². The number of rotatable bonds is 8. The normalized spacial score (nSPS) is 14.6. The third-order valence-electron chi connectivity index (χ3n) is 4.76. The number of hydrogen-bond acceptors (Lipinski definition) is 6. The highest BCUT2D eigenvalue weighted by molar-refractivity contribution is 7.89. The second-order valence-corrected chi connectivity index (χ2v) is 9.16. The smallest absolute Gasteiger partial charge is 0.251 e. The van der Waals surface area contributed by atoms with Crippen molar-refractivity contribution in [3.05, 3.63) is 54.1 Å². The third kappa shape index (κ3) is 5.50. The first kappa shape index (κ1) is 22.1. The van der Waals surface area contributed by atoms with E-state index in [-0.39, 0.29) is 17.4 Å². The van der Waals surface area contributed by atoms with Gasteiger partial charge in [-0.3, -0.25) is 4.79 Å². The molecule has 1 fully saturated rings. The molecule has 1 N–H and O–H groups in total. The van der Waals surface area contributed by atoms with Crippen LogP contribution in [0.5, 0.6) is 5.75 Å². The highest BCUT2D eigenvalue weighted by Gasteiger charge is 2.16. The Morgan fingerprint density at radius 1 is 1.07 bits per heavy atom. The Hall–Kier alpha value is -2.62. The molecule has 0 aromatic heterocycles. The van der Waals surface area contributed by atoms with Gasteiger partial charge in [-0.1, -0.05) is 0 Å². The maximum atomic E-state index is 12.3. The molecule has 0 bridgehead atoms. The van der Waals surface area contributed by atoms with Gasteiger partial charge in [0.05, 0.1) is 24.7 Å². The fourth-order valence-electron chi connectivity index (χ4n) is 3.00. The molecule has 0 aliphatic carbocycles. The molecule has 0 spiro atoms. The molecule has 0 saturated carbocycles. The van der Waals surface area contributed by atoms with E-state index >= 15 is 0 Å². The number of nitrogens with one attached hydrogen (secondary N) is 1. The average molecular weight is 434 g/mol. The van der Waals surface area contributed by atoms with E-state index in [1.807, 2.05) is 24.3 Å². The van der Waals surface area contributed by atoms with E-state index in [9.17, 15) is 13.2 Å². The molecule has 0 unspecified atom stereocenters. The molecule has 0 atom stereocenters. The number of carbonyl (C=O) groups is 1. The summed E-state index contributed by atoms with van der Waals surface area (Å²) in [7, 11) is -0.490. The Morgan fingerprint density at radius 3 is 2.30 bits per heavy atom. The van der Waals surface area contributed by atoms with Crippen LogP contribution in [0, 0.1) is 0 Å². The second kappa shape index (κ2) is 9.92. The minimum atomic E-state index is -3.46. The summed E-state index contributed by atoms with van der Waals surface area (Å²) in [5.41, 5.74) is 1.67. The Balaban J connectivity index is 1.44. The minimum Gasteiger partial charge on any atom is -0.492 e. The molecule has 9 heteroatoms. The lowest BCUT2D eigenvalue weighted by atomic mass is 10.1.